The Morgan fingerprint density at radius 3 is 2.61 bits per heavy atom. The molecular weight excluding hydrogens is 366 g/mol. The van der Waals surface area contributed by atoms with Gasteiger partial charge in [0.15, 0.2) is 0 Å². The van der Waals surface area contributed by atoms with E-state index < -0.39 is 0 Å². The molecule has 0 saturated carbocycles. The highest BCUT2D eigenvalue weighted by Crippen LogP contribution is 2.24. The molecule has 1 N–H and O–H groups in total. The van der Waals surface area contributed by atoms with Crippen LogP contribution in [0.3, 0.4) is 0 Å². The van der Waals surface area contributed by atoms with Gasteiger partial charge in [0.05, 0.1) is 5.69 Å². The Bertz CT molecular complexity index is 1070. The number of rotatable bonds is 6. The smallest absolute Gasteiger partial charge is 0.255 e. The molecule has 28 heavy (non-hydrogen) atoms. The highest BCUT2D eigenvalue weighted by atomic mass is 32.2. The van der Waals surface area contributed by atoms with Gasteiger partial charge in [0.25, 0.3) is 5.91 Å². The first-order chi connectivity index (χ1) is 13.7. The van der Waals surface area contributed by atoms with Crippen LogP contribution in [0.25, 0.3) is 5.65 Å². The summed E-state index contributed by atoms with van der Waals surface area (Å²) in [5.41, 5.74) is 4.66. The van der Waals surface area contributed by atoms with Gasteiger partial charge < -0.3 is 9.72 Å². The molecule has 2 aromatic carbocycles. The van der Waals surface area contributed by atoms with E-state index in [0.29, 0.717) is 5.56 Å². The molecule has 0 saturated heterocycles. The van der Waals surface area contributed by atoms with Gasteiger partial charge in [-0.1, -0.05) is 31.2 Å². The van der Waals surface area contributed by atoms with Crippen LogP contribution in [0.1, 0.15) is 28.5 Å². The number of imidazole rings is 1. The van der Waals surface area contributed by atoms with E-state index in [1.807, 2.05) is 77.3 Å². The number of hydrogen-bond donors (Lipinski definition) is 1. The molecule has 0 fully saturated rings. The van der Waals surface area contributed by atoms with Crippen molar-refractivity contribution in [1.82, 2.24) is 9.38 Å². The maximum Gasteiger partial charge on any atom is 0.255 e. The Balaban J connectivity index is 1.39. The van der Waals surface area contributed by atoms with Gasteiger partial charge in [-0.15, -0.1) is 11.8 Å². The molecule has 140 valence electrons. The Morgan fingerprint density at radius 2 is 1.82 bits per heavy atom. The maximum atomic E-state index is 12.5. The first-order valence-corrected chi connectivity index (χ1v) is 10.3. The first-order valence-electron chi connectivity index (χ1n) is 9.27. The SMILES string of the molecule is CCc1ccccc1NC(=O)c1ccc(SCc2cn3ccccc3n2)cc1. The van der Waals surface area contributed by atoms with Crippen molar-refractivity contribution in [2.45, 2.75) is 24.0 Å². The van der Waals surface area contributed by atoms with E-state index >= 15 is 0 Å². The molecule has 2 aromatic heterocycles. The summed E-state index contributed by atoms with van der Waals surface area (Å²) in [7, 11) is 0. The van der Waals surface area contributed by atoms with Gasteiger partial charge in [0.2, 0.25) is 0 Å². The molecule has 4 aromatic rings. The zero-order valence-corrected chi connectivity index (χ0v) is 16.4. The second kappa shape index (κ2) is 8.31. The Kier molecular flexibility index (Phi) is 5.44. The Labute approximate surface area is 168 Å². The van der Waals surface area contributed by atoms with Gasteiger partial charge in [-0.25, -0.2) is 4.98 Å². The minimum atomic E-state index is -0.0854. The van der Waals surface area contributed by atoms with Crippen molar-refractivity contribution in [3.63, 3.8) is 0 Å². The summed E-state index contributed by atoms with van der Waals surface area (Å²) in [6, 6.07) is 21.6. The number of amides is 1. The van der Waals surface area contributed by atoms with Crippen LogP contribution in [-0.2, 0) is 12.2 Å². The maximum absolute atomic E-state index is 12.5. The predicted molar refractivity (Wildman–Crippen MR) is 115 cm³/mol. The second-order valence-electron chi connectivity index (χ2n) is 6.48. The van der Waals surface area contributed by atoms with Crippen molar-refractivity contribution in [2.24, 2.45) is 0 Å². The number of carbonyl (C=O) groups excluding carboxylic acids is 1. The van der Waals surface area contributed by atoms with Gasteiger partial charge in [-0.2, -0.15) is 0 Å². The average Bonchev–Trinajstić information content (AvgIpc) is 3.16. The van der Waals surface area contributed by atoms with Crippen molar-refractivity contribution in [3.05, 3.63) is 95.9 Å². The molecule has 0 spiro atoms. The third-order valence-electron chi connectivity index (χ3n) is 4.56. The van der Waals surface area contributed by atoms with E-state index in [1.54, 1.807) is 11.8 Å². The van der Waals surface area contributed by atoms with Crippen molar-refractivity contribution in [1.29, 1.82) is 0 Å². The minimum absolute atomic E-state index is 0.0854. The normalized spacial score (nSPS) is 10.9. The van der Waals surface area contributed by atoms with Crippen molar-refractivity contribution < 1.29 is 4.79 Å². The molecule has 4 rings (SSSR count). The molecule has 0 aliphatic carbocycles. The van der Waals surface area contributed by atoms with Crippen molar-refractivity contribution >= 4 is 29.0 Å². The van der Waals surface area contributed by atoms with Crippen molar-refractivity contribution in [2.75, 3.05) is 5.32 Å². The van der Waals surface area contributed by atoms with E-state index in [1.165, 1.54) is 0 Å². The molecular formula is C23H21N3OS. The standard InChI is InChI=1S/C23H21N3OS/c1-2-17-7-3-4-8-21(17)25-23(27)18-10-12-20(13-11-18)28-16-19-15-26-14-6-5-9-22(26)24-19/h3-15H,2,16H2,1H3,(H,25,27). The monoisotopic (exact) mass is 387 g/mol. The summed E-state index contributed by atoms with van der Waals surface area (Å²) >= 11 is 1.71. The quantitative estimate of drug-likeness (QED) is 0.448. The fourth-order valence-corrected chi connectivity index (χ4v) is 3.84. The Morgan fingerprint density at radius 1 is 1.04 bits per heavy atom. The molecule has 0 bridgehead atoms. The molecule has 0 atom stereocenters. The number of aryl methyl sites for hydroxylation is 1. The van der Waals surface area contributed by atoms with E-state index in [2.05, 4.69) is 23.4 Å². The predicted octanol–water partition coefficient (Wildman–Crippen LogP) is 5.44. The lowest BCUT2D eigenvalue weighted by molar-refractivity contribution is 0.102. The molecule has 0 unspecified atom stereocenters. The third kappa shape index (κ3) is 4.10. The summed E-state index contributed by atoms with van der Waals surface area (Å²) in [5.74, 6) is 0.703. The molecule has 1 amide bonds. The van der Waals surface area contributed by atoms with Gasteiger partial charge >= 0.3 is 0 Å². The molecule has 0 aliphatic rings. The number of nitrogens with zero attached hydrogens (tertiary/aromatic N) is 2. The van der Waals surface area contributed by atoms with Gasteiger partial charge in [-0.3, -0.25) is 4.79 Å². The molecule has 0 aliphatic heterocycles. The second-order valence-corrected chi connectivity index (χ2v) is 7.52. The average molecular weight is 388 g/mol. The topological polar surface area (TPSA) is 46.4 Å². The van der Waals surface area contributed by atoms with E-state index in [-0.39, 0.29) is 5.91 Å². The number of fused-ring (bicyclic) bond motifs is 1. The van der Waals surface area contributed by atoms with Gasteiger partial charge in [0, 0.05) is 34.3 Å². The number of anilines is 1. The first kappa shape index (κ1) is 18.3. The molecule has 5 heteroatoms. The number of nitrogens with one attached hydrogen (secondary N) is 1. The van der Waals surface area contributed by atoms with E-state index in [9.17, 15) is 4.79 Å². The highest BCUT2D eigenvalue weighted by Gasteiger charge is 2.09. The van der Waals surface area contributed by atoms with Gasteiger partial charge in [-0.05, 0) is 54.4 Å². The number of thioether (sulfide) groups is 1. The fraction of sp³-hybridized carbons (Fsp3) is 0.130. The Hall–Kier alpha value is -3.05. The highest BCUT2D eigenvalue weighted by molar-refractivity contribution is 7.98. The third-order valence-corrected chi connectivity index (χ3v) is 5.61. The molecule has 0 radical (unpaired) electrons. The van der Waals surface area contributed by atoms with Crippen LogP contribution in [-0.4, -0.2) is 15.3 Å². The number of para-hydroxylation sites is 1. The van der Waals surface area contributed by atoms with Crippen LogP contribution in [0, 0.1) is 0 Å². The van der Waals surface area contributed by atoms with E-state index in [4.69, 9.17) is 0 Å². The van der Waals surface area contributed by atoms with Crippen LogP contribution in [0.15, 0.2) is 84.0 Å². The number of carbonyl (C=O) groups is 1. The summed E-state index contributed by atoms with van der Waals surface area (Å²) in [6.07, 6.45) is 4.94. The summed E-state index contributed by atoms with van der Waals surface area (Å²) < 4.78 is 2.03. The minimum Gasteiger partial charge on any atom is -0.322 e. The van der Waals surface area contributed by atoms with Gasteiger partial charge in [0.1, 0.15) is 5.65 Å². The zero-order chi connectivity index (χ0) is 19.3. The fourth-order valence-electron chi connectivity index (χ4n) is 3.06. The lowest BCUT2D eigenvalue weighted by atomic mass is 10.1. The lowest BCUT2D eigenvalue weighted by Crippen LogP contribution is -2.13. The van der Waals surface area contributed by atoms with E-state index in [0.717, 1.165) is 39.7 Å². The summed E-state index contributed by atoms with van der Waals surface area (Å²) in [4.78, 5) is 18.3. The summed E-state index contributed by atoms with van der Waals surface area (Å²) in [5, 5.41) is 3.01. The zero-order valence-electron chi connectivity index (χ0n) is 15.6. The molecule has 4 nitrogen and oxygen atoms in total. The number of hydrogen-bond acceptors (Lipinski definition) is 3. The van der Waals surface area contributed by atoms with Crippen LogP contribution in [0.4, 0.5) is 5.69 Å². The molecule has 2 heterocycles. The number of aromatic nitrogens is 2. The van der Waals surface area contributed by atoms with Crippen LogP contribution >= 0.6 is 11.8 Å². The van der Waals surface area contributed by atoms with Crippen LogP contribution in [0.5, 0.6) is 0 Å². The van der Waals surface area contributed by atoms with Crippen LogP contribution < -0.4 is 5.32 Å². The lowest BCUT2D eigenvalue weighted by Gasteiger charge is -2.10. The summed E-state index contributed by atoms with van der Waals surface area (Å²) in [6.45, 7) is 2.08. The largest absolute Gasteiger partial charge is 0.322 e. The number of pyridine rings is 1. The van der Waals surface area contributed by atoms with Crippen molar-refractivity contribution in [3.8, 4) is 0 Å². The number of benzene rings is 2. The van der Waals surface area contributed by atoms with Crippen LogP contribution in [0.2, 0.25) is 0 Å².